The third-order valence-corrected chi connectivity index (χ3v) is 4.47. The Morgan fingerprint density at radius 2 is 2.00 bits per heavy atom. The highest BCUT2D eigenvalue weighted by Crippen LogP contribution is 2.40. The number of hydrogen-bond acceptors (Lipinski definition) is 2. The van der Waals surface area contributed by atoms with Gasteiger partial charge in [0.2, 0.25) is 5.91 Å². The molecule has 1 N–H and O–H groups in total. The molecule has 19 heavy (non-hydrogen) atoms. The quantitative estimate of drug-likeness (QED) is 0.904. The van der Waals surface area contributed by atoms with Crippen molar-refractivity contribution in [3.63, 3.8) is 0 Å². The largest absolute Gasteiger partial charge is 0.351 e. The molecule has 1 saturated carbocycles. The van der Waals surface area contributed by atoms with Crippen LogP contribution in [0.25, 0.3) is 0 Å². The zero-order chi connectivity index (χ0) is 14.0. The van der Waals surface area contributed by atoms with Gasteiger partial charge in [-0.1, -0.05) is 12.1 Å². The van der Waals surface area contributed by atoms with Gasteiger partial charge in [0.25, 0.3) is 0 Å². The average Bonchev–Trinajstić information content (AvgIpc) is 2.34. The molecule has 1 amide bonds. The minimum Gasteiger partial charge on any atom is -0.351 e. The Morgan fingerprint density at radius 1 is 1.32 bits per heavy atom. The van der Waals surface area contributed by atoms with E-state index in [1.807, 2.05) is 0 Å². The highest BCUT2D eigenvalue weighted by molar-refractivity contribution is 5.86. The van der Waals surface area contributed by atoms with Crippen LogP contribution in [-0.2, 0) is 11.3 Å². The van der Waals surface area contributed by atoms with E-state index in [1.54, 1.807) is 0 Å². The predicted molar refractivity (Wildman–Crippen MR) is 74.4 cm³/mol. The summed E-state index contributed by atoms with van der Waals surface area (Å²) >= 11 is 0. The monoisotopic (exact) mass is 256 g/mol. The normalized spacial score (nSPS) is 16.3. The predicted octanol–water partition coefficient (Wildman–Crippen LogP) is 2.92. The summed E-state index contributed by atoms with van der Waals surface area (Å²) < 4.78 is 0. The molecule has 1 aliphatic rings. The summed E-state index contributed by atoms with van der Waals surface area (Å²) in [5.74, 6) is -0.112. The first-order valence-corrected chi connectivity index (χ1v) is 6.75. The number of nitriles is 1. The van der Waals surface area contributed by atoms with Crippen molar-refractivity contribution in [2.24, 2.45) is 5.41 Å². The van der Waals surface area contributed by atoms with E-state index in [0.29, 0.717) is 19.4 Å². The molecule has 3 nitrogen and oxygen atoms in total. The van der Waals surface area contributed by atoms with E-state index in [4.69, 9.17) is 5.26 Å². The van der Waals surface area contributed by atoms with E-state index in [0.717, 1.165) is 12.0 Å². The summed E-state index contributed by atoms with van der Waals surface area (Å²) in [6.07, 6.45) is 2.37. The van der Waals surface area contributed by atoms with E-state index < -0.39 is 5.41 Å². The van der Waals surface area contributed by atoms with E-state index in [9.17, 15) is 4.79 Å². The van der Waals surface area contributed by atoms with Crippen molar-refractivity contribution in [2.75, 3.05) is 0 Å². The van der Waals surface area contributed by atoms with Crippen LogP contribution in [0.4, 0.5) is 0 Å². The molecule has 0 aromatic heterocycles. The minimum atomic E-state index is -0.756. The molecular formula is C16H20N2O. The second-order valence-corrected chi connectivity index (χ2v) is 5.52. The van der Waals surface area contributed by atoms with E-state index in [-0.39, 0.29) is 5.91 Å². The molecule has 1 aromatic rings. The zero-order valence-corrected chi connectivity index (χ0v) is 11.8. The van der Waals surface area contributed by atoms with E-state index in [1.165, 1.54) is 16.7 Å². The lowest BCUT2D eigenvalue weighted by molar-refractivity contribution is -0.131. The molecule has 3 heteroatoms. The topological polar surface area (TPSA) is 52.9 Å². The van der Waals surface area contributed by atoms with Gasteiger partial charge in [0.05, 0.1) is 6.07 Å². The molecule has 1 aromatic carbocycles. The van der Waals surface area contributed by atoms with Gasteiger partial charge in [0, 0.05) is 6.54 Å². The van der Waals surface area contributed by atoms with Crippen LogP contribution < -0.4 is 5.32 Å². The number of amides is 1. The highest BCUT2D eigenvalue weighted by atomic mass is 16.2. The van der Waals surface area contributed by atoms with Gasteiger partial charge in [0.15, 0.2) is 0 Å². The Bertz CT molecular complexity index is 551. The lowest BCUT2D eigenvalue weighted by Gasteiger charge is -2.33. The molecular weight excluding hydrogens is 236 g/mol. The number of aryl methyl sites for hydroxylation is 1. The first kappa shape index (κ1) is 13.6. The second-order valence-electron chi connectivity index (χ2n) is 5.52. The molecule has 2 rings (SSSR count). The summed E-state index contributed by atoms with van der Waals surface area (Å²) in [5, 5.41) is 12.0. The van der Waals surface area contributed by atoms with Crippen LogP contribution in [0.15, 0.2) is 12.1 Å². The molecule has 0 radical (unpaired) electrons. The van der Waals surface area contributed by atoms with Crippen molar-refractivity contribution >= 4 is 5.91 Å². The minimum absolute atomic E-state index is 0.112. The maximum absolute atomic E-state index is 12.1. The highest BCUT2D eigenvalue weighted by Gasteiger charge is 2.44. The third kappa shape index (κ3) is 2.35. The Hall–Kier alpha value is -1.82. The van der Waals surface area contributed by atoms with Crippen LogP contribution in [0.3, 0.4) is 0 Å². The Balaban J connectivity index is 2.06. The van der Waals surface area contributed by atoms with Crippen molar-refractivity contribution in [3.8, 4) is 6.07 Å². The maximum Gasteiger partial charge on any atom is 0.240 e. The summed E-state index contributed by atoms with van der Waals surface area (Å²) in [5.41, 5.74) is 4.13. The lowest BCUT2D eigenvalue weighted by Crippen LogP contribution is -2.44. The summed E-state index contributed by atoms with van der Waals surface area (Å²) in [6.45, 7) is 6.77. The fraction of sp³-hybridized carbons (Fsp3) is 0.500. The molecule has 0 heterocycles. The number of hydrogen-bond donors (Lipinski definition) is 1. The van der Waals surface area contributed by atoms with Crippen LogP contribution in [0, 0.1) is 37.5 Å². The van der Waals surface area contributed by atoms with Crippen molar-refractivity contribution in [2.45, 2.75) is 46.6 Å². The zero-order valence-electron chi connectivity index (χ0n) is 11.8. The Labute approximate surface area is 114 Å². The smallest absolute Gasteiger partial charge is 0.240 e. The molecule has 0 atom stereocenters. The van der Waals surface area contributed by atoms with Crippen molar-refractivity contribution < 1.29 is 4.79 Å². The van der Waals surface area contributed by atoms with Gasteiger partial charge in [-0.05, 0) is 62.3 Å². The number of benzene rings is 1. The first-order chi connectivity index (χ1) is 9.00. The summed E-state index contributed by atoms with van der Waals surface area (Å²) in [7, 11) is 0. The van der Waals surface area contributed by atoms with Gasteiger partial charge in [-0.15, -0.1) is 0 Å². The maximum atomic E-state index is 12.1. The second kappa shape index (κ2) is 5.05. The average molecular weight is 256 g/mol. The van der Waals surface area contributed by atoms with Crippen molar-refractivity contribution in [1.29, 1.82) is 5.26 Å². The number of nitrogens with zero attached hydrogens (tertiary/aromatic N) is 1. The Morgan fingerprint density at radius 3 is 2.53 bits per heavy atom. The summed E-state index contributed by atoms with van der Waals surface area (Å²) in [6, 6.07) is 6.30. The molecule has 0 saturated heterocycles. The van der Waals surface area contributed by atoms with Gasteiger partial charge in [-0.25, -0.2) is 0 Å². The van der Waals surface area contributed by atoms with Crippen LogP contribution >= 0.6 is 0 Å². The third-order valence-electron chi connectivity index (χ3n) is 4.47. The molecule has 1 fully saturated rings. The number of nitrogens with one attached hydrogen (secondary N) is 1. The molecule has 0 bridgehead atoms. The fourth-order valence-electron chi connectivity index (χ4n) is 2.47. The standard InChI is InChI=1S/C16H20N2O/c1-11-5-6-14(13(3)12(11)2)9-18-15(19)16(10-17)7-4-8-16/h5-6H,4,7-9H2,1-3H3,(H,18,19). The van der Waals surface area contributed by atoms with Crippen LogP contribution in [0.5, 0.6) is 0 Å². The number of rotatable bonds is 3. The molecule has 100 valence electrons. The van der Waals surface area contributed by atoms with Gasteiger partial charge in [-0.3, -0.25) is 4.79 Å². The van der Waals surface area contributed by atoms with Gasteiger partial charge in [0.1, 0.15) is 5.41 Å². The number of carbonyl (C=O) groups is 1. The van der Waals surface area contributed by atoms with E-state index >= 15 is 0 Å². The molecule has 1 aliphatic carbocycles. The lowest BCUT2D eigenvalue weighted by atomic mass is 9.69. The summed E-state index contributed by atoms with van der Waals surface area (Å²) in [4.78, 5) is 12.1. The van der Waals surface area contributed by atoms with Crippen LogP contribution in [0.2, 0.25) is 0 Å². The van der Waals surface area contributed by atoms with Gasteiger partial charge < -0.3 is 5.32 Å². The van der Waals surface area contributed by atoms with E-state index in [2.05, 4.69) is 44.3 Å². The Kier molecular flexibility index (Phi) is 3.61. The number of carbonyl (C=O) groups excluding carboxylic acids is 1. The first-order valence-electron chi connectivity index (χ1n) is 6.75. The molecule has 0 unspecified atom stereocenters. The molecule has 0 spiro atoms. The van der Waals surface area contributed by atoms with Crippen LogP contribution in [0.1, 0.15) is 41.5 Å². The fourth-order valence-corrected chi connectivity index (χ4v) is 2.47. The SMILES string of the molecule is Cc1ccc(CNC(=O)C2(C#N)CCC2)c(C)c1C. The molecule has 0 aliphatic heterocycles. The van der Waals surface area contributed by atoms with Crippen molar-refractivity contribution in [3.05, 3.63) is 34.4 Å². The van der Waals surface area contributed by atoms with Gasteiger partial charge >= 0.3 is 0 Å². The van der Waals surface area contributed by atoms with Gasteiger partial charge in [-0.2, -0.15) is 5.26 Å². The van der Waals surface area contributed by atoms with Crippen LogP contribution in [-0.4, -0.2) is 5.91 Å². The van der Waals surface area contributed by atoms with Crippen molar-refractivity contribution in [1.82, 2.24) is 5.32 Å².